The number of hydrogen-bond donors (Lipinski definition) is 3. The van der Waals surface area contributed by atoms with Crippen LogP contribution in [-0.2, 0) is 9.59 Å². The first-order chi connectivity index (χ1) is 10.1. The molecule has 0 radical (unpaired) electrons. The van der Waals surface area contributed by atoms with Gasteiger partial charge in [0.1, 0.15) is 6.04 Å². The molecule has 0 heterocycles. The SMILES string of the molecule is CNC(CCCCNC(=O)C1=C/C=C\C=C/C=C\1)C(=O)O. The molecule has 1 atom stereocenters. The molecular formula is C16H22N2O3. The van der Waals surface area contributed by atoms with Crippen LogP contribution in [0.4, 0.5) is 0 Å². The van der Waals surface area contributed by atoms with Crippen molar-refractivity contribution in [3.63, 3.8) is 0 Å². The van der Waals surface area contributed by atoms with Crippen molar-refractivity contribution in [1.29, 1.82) is 0 Å². The summed E-state index contributed by atoms with van der Waals surface area (Å²) in [6.45, 7) is 0.541. The summed E-state index contributed by atoms with van der Waals surface area (Å²) in [6.07, 6.45) is 14.8. The van der Waals surface area contributed by atoms with Crippen LogP contribution >= 0.6 is 0 Å². The summed E-state index contributed by atoms with van der Waals surface area (Å²) in [7, 11) is 1.63. The van der Waals surface area contributed by atoms with Gasteiger partial charge < -0.3 is 15.7 Å². The van der Waals surface area contributed by atoms with E-state index in [4.69, 9.17) is 5.11 Å². The summed E-state index contributed by atoms with van der Waals surface area (Å²) >= 11 is 0. The fourth-order valence-electron chi connectivity index (χ4n) is 1.89. The monoisotopic (exact) mass is 290 g/mol. The second kappa shape index (κ2) is 9.72. The van der Waals surface area contributed by atoms with Crippen LogP contribution in [0.15, 0.2) is 48.1 Å². The molecule has 0 aromatic rings. The summed E-state index contributed by atoms with van der Waals surface area (Å²) in [4.78, 5) is 22.7. The topological polar surface area (TPSA) is 78.4 Å². The normalized spacial score (nSPS) is 22.0. The molecule has 1 aliphatic carbocycles. The number of hydrogen-bond acceptors (Lipinski definition) is 3. The Hall–Kier alpha value is -2.14. The summed E-state index contributed by atoms with van der Waals surface area (Å²) < 4.78 is 0. The summed E-state index contributed by atoms with van der Waals surface area (Å²) in [6, 6.07) is -0.520. The Bertz CT molecular complexity index is 476. The van der Waals surface area contributed by atoms with E-state index < -0.39 is 12.0 Å². The zero-order chi connectivity index (χ0) is 15.5. The maximum Gasteiger partial charge on any atom is 0.320 e. The predicted molar refractivity (Wildman–Crippen MR) is 82.8 cm³/mol. The molecule has 0 spiro atoms. The number of amides is 1. The van der Waals surface area contributed by atoms with Crippen LogP contribution < -0.4 is 10.6 Å². The molecule has 1 rings (SSSR count). The van der Waals surface area contributed by atoms with Gasteiger partial charge in [0.2, 0.25) is 0 Å². The molecule has 114 valence electrons. The molecule has 5 heteroatoms. The van der Waals surface area contributed by atoms with Gasteiger partial charge in [0.25, 0.3) is 5.91 Å². The highest BCUT2D eigenvalue weighted by Crippen LogP contribution is 2.03. The number of carbonyl (C=O) groups excluding carboxylic acids is 1. The molecule has 5 nitrogen and oxygen atoms in total. The van der Waals surface area contributed by atoms with E-state index in [0.717, 1.165) is 12.8 Å². The van der Waals surface area contributed by atoms with Crippen LogP contribution in [0.1, 0.15) is 19.3 Å². The lowest BCUT2D eigenvalue weighted by Crippen LogP contribution is -2.34. The Morgan fingerprint density at radius 1 is 1.14 bits per heavy atom. The molecule has 0 saturated carbocycles. The standard InChI is InChI=1S/C16H22N2O3/c1-17-14(16(20)21)11-7-8-12-18-15(19)13-9-5-3-2-4-6-10-13/h2-6,9-10,14,17H,7-8,11-12H2,1H3,(H,18,19)(H,20,21)/b3-2-,4-2?,5-3?,6-4-,9-5-,10-6?,13-9?,13-10+. The van der Waals surface area contributed by atoms with E-state index in [0.29, 0.717) is 18.5 Å². The average molecular weight is 290 g/mol. The van der Waals surface area contributed by atoms with Crippen molar-refractivity contribution in [3.05, 3.63) is 48.1 Å². The zero-order valence-corrected chi connectivity index (χ0v) is 12.2. The van der Waals surface area contributed by atoms with Gasteiger partial charge in [0, 0.05) is 12.1 Å². The Morgan fingerprint density at radius 2 is 1.86 bits per heavy atom. The third-order valence-electron chi connectivity index (χ3n) is 3.11. The van der Waals surface area contributed by atoms with E-state index in [2.05, 4.69) is 10.6 Å². The quantitative estimate of drug-likeness (QED) is 0.593. The van der Waals surface area contributed by atoms with Crippen LogP contribution in [0.3, 0.4) is 0 Å². The maximum absolute atomic E-state index is 11.9. The average Bonchev–Trinajstić information content (AvgIpc) is 2.41. The largest absolute Gasteiger partial charge is 0.480 e. The summed E-state index contributed by atoms with van der Waals surface area (Å²) in [5, 5.41) is 14.5. The van der Waals surface area contributed by atoms with Crippen molar-refractivity contribution in [3.8, 4) is 0 Å². The van der Waals surface area contributed by atoms with Gasteiger partial charge in [-0.05, 0) is 38.5 Å². The molecule has 0 aromatic heterocycles. The lowest BCUT2D eigenvalue weighted by molar-refractivity contribution is -0.139. The summed E-state index contributed by atoms with van der Waals surface area (Å²) in [5.41, 5.74) is 0.606. The smallest absolute Gasteiger partial charge is 0.320 e. The predicted octanol–water partition coefficient (Wildman–Crippen LogP) is 1.55. The fraction of sp³-hybridized carbons (Fsp3) is 0.375. The number of nitrogens with one attached hydrogen (secondary N) is 2. The van der Waals surface area contributed by atoms with E-state index in [9.17, 15) is 9.59 Å². The first-order valence-electron chi connectivity index (χ1n) is 7.05. The van der Waals surface area contributed by atoms with Crippen LogP contribution in [0, 0.1) is 0 Å². The van der Waals surface area contributed by atoms with E-state index in [1.807, 2.05) is 30.4 Å². The highest BCUT2D eigenvalue weighted by molar-refractivity contribution is 5.96. The van der Waals surface area contributed by atoms with Crippen molar-refractivity contribution in [2.75, 3.05) is 13.6 Å². The van der Waals surface area contributed by atoms with Gasteiger partial charge >= 0.3 is 5.97 Å². The minimum Gasteiger partial charge on any atom is -0.480 e. The van der Waals surface area contributed by atoms with Crippen molar-refractivity contribution in [2.45, 2.75) is 25.3 Å². The highest BCUT2D eigenvalue weighted by atomic mass is 16.4. The van der Waals surface area contributed by atoms with Gasteiger partial charge in [-0.2, -0.15) is 0 Å². The van der Waals surface area contributed by atoms with E-state index >= 15 is 0 Å². The molecule has 1 aliphatic rings. The minimum atomic E-state index is -0.841. The van der Waals surface area contributed by atoms with Crippen molar-refractivity contribution >= 4 is 11.9 Å². The van der Waals surface area contributed by atoms with Gasteiger partial charge in [-0.15, -0.1) is 0 Å². The van der Waals surface area contributed by atoms with Crippen molar-refractivity contribution < 1.29 is 14.7 Å². The number of carboxylic acid groups (broad SMARTS) is 1. The second-order valence-corrected chi connectivity index (χ2v) is 4.68. The molecular weight excluding hydrogens is 268 g/mol. The van der Waals surface area contributed by atoms with Crippen LogP contribution in [0.5, 0.6) is 0 Å². The molecule has 0 aromatic carbocycles. The van der Waals surface area contributed by atoms with E-state index in [-0.39, 0.29) is 5.91 Å². The molecule has 0 aliphatic heterocycles. The molecule has 0 fully saturated rings. The number of carboxylic acids is 1. The third-order valence-corrected chi connectivity index (χ3v) is 3.11. The summed E-state index contributed by atoms with van der Waals surface area (Å²) in [5.74, 6) is -0.958. The number of likely N-dealkylation sites (N-methyl/N-ethyl adjacent to an activating group) is 1. The minimum absolute atomic E-state index is 0.116. The van der Waals surface area contributed by atoms with E-state index in [1.54, 1.807) is 19.2 Å². The van der Waals surface area contributed by atoms with Gasteiger partial charge in [0.15, 0.2) is 0 Å². The van der Waals surface area contributed by atoms with Gasteiger partial charge in [-0.1, -0.05) is 30.4 Å². The molecule has 0 saturated heterocycles. The highest BCUT2D eigenvalue weighted by Gasteiger charge is 2.13. The van der Waals surface area contributed by atoms with Crippen LogP contribution in [0.25, 0.3) is 0 Å². The first kappa shape index (κ1) is 16.9. The third kappa shape index (κ3) is 6.72. The van der Waals surface area contributed by atoms with Crippen LogP contribution in [-0.4, -0.2) is 36.6 Å². The molecule has 0 bridgehead atoms. The zero-order valence-electron chi connectivity index (χ0n) is 12.2. The number of unbranched alkanes of at least 4 members (excludes halogenated alkanes) is 1. The lowest BCUT2D eigenvalue weighted by Gasteiger charge is -2.11. The Kier molecular flexibility index (Phi) is 7.82. The van der Waals surface area contributed by atoms with E-state index in [1.165, 1.54) is 0 Å². The number of allylic oxidation sites excluding steroid dienone is 6. The van der Waals surface area contributed by atoms with Gasteiger partial charge in [0.05, 0.1) is 0 Å². The Balaban J connectivity index is 2.26. The number of aliphatic carboxylic acids is 1. The molecule has 21 heavy (non-hydrogen) atoms. The molecule has 1 unspecified atom stereocenters. The second-order valence-electron chi connectivity index (χ2n) is 4.68. The molecule has 3 N–H and O–H groups in total. The Morgan fingerprint density at radius 3 is 2.57 bits per heavy atom. The molecule has 1 amide bonds. The van der Waals surface area contributed by atoms with Gasteiger partial charge in [-0.3, -0.25) is 9.59 Å². The van der Waals surface area contributed by atoms with Gasteiger partial charge in [-0.25, -0.2) is 0 Å². The Labute approximate surface area is 125 Å². The van der Waals surface area contributed by atoms with Crippen molar-refractivity contribution in [1.82, 2.24) is 10.6 Å². The fourth-order valence-corrected chi connectivity index (χ4v) is 1.89. The van der Waals surface area contributed by atoms with Crippen LogP contribution in [0.2, 0.25) is 0 Å². The first-order valence-corrected chi connectivity index (χ1v) is 7.05. The number of rotatable bonds is 8. The maximum atomic E-state index is 11.9. The van der Waals surface area contributed by atoms with Crippen molar-refractivity contribution in [2.24, 2.45) is 0 Å². The number of carbonyl (C=O) groups is 2. The lowest BCUT2D eigenvalue weighted by atomic mass is 10.1.